The summed E-state index contributed by atoms with van der Waals surface area (Å²) in [5.41, 5.74) is 0.214. The lowest BCUT2D eigenvalue weighted by molar-refractivity contribution is -0.159. The van der Waals surface area contributed by atoms with Crippen LogP contribution in [0, 0.1) is 11.3 Å². The van der Waals surface area contributed by atoms with Gasteiger partial charge in [0.1, 0.15) is 5.41 Å². The number of aliphatic carboxylic acids is 1. The molecule has 1 aliphatic carbocycles. The van der Waals surface area contributed by atoms with Crippen LogP contribution in [0.25, 0.3) is 0 Å². The van der Waals surface area contributed by atoms with Gasteiger partial charge in [0, 0.05) is 6.61 Å². The van der Waals surface area contributed by atoms with E-state index in [2.05, 4.69) is 0 Å². The van der Waals surface area contributed by atoms with Gasteiger partial charge in [-0.3, -0.25) is 4.79 Å². The van der Waals surface area contributed by atoms with E-state index in [1.54, 1.807) is 0 Å². The molecule has 1 N–H and O–H groups in total. The third-order valence-corrected chi connectivity index (χ3v) is 4.34. The maximum atomic E-state index is 11.7. The van der Waals surface area contributed by atoms with Crippen molar-refractivity contribution < 1.29 is 19.4 Å². The highest BCUT2D eigenvalue weighted by Gasteiger charge is 2.56. The molecule has 1 aromatic carbocycles. The van der Waals surface area contributed by atoms with Gasteiger partial charge < -0.3 is 14.6 Å². The van der Waals surface area contributed by atoms with Crippen molar-refractivity contribution in [3.63, 3.8) is 0 Å². The third-order valence-electron chi connectivity index (χ3n) is 4.34. The molecule has 1 heterocycles. The second-order valence-electron chi connectivity index (χ2n) is 5.82. The second kappa shape index (κ2) is 5.54. The fourth-order valence-electron chi connectivity index (χ4n) is 3.03. The standard InChI is InChI=1S/C16H20O4/c17-15(18)16(8-9-20-14(16)13-6-7-13)11-19-10-12-4-2-1-3-5-12/h1-5,13-14H,6-11H2,(H,17,18). The fourth-order valence-corrected chi connectivity index (χ4v) is 3.03. The van der Waals surface area contributed by atoms with Crippen LogP contribution in [0.4, 0.5) is 0 Å². The average molecular weight is 276 g/mol. The van der Waals surface area contributed by atoms with E-state index in [1.807, 2.05) is 30.3 Å². The van der Waals surface area contributed by atoms with Gasteiger partial charge in [-0.2, -0.15) is 0 Å². The first-order valence-corrected chi connectivity index (χ1v) is 7.19. The van der Waals surface area contributed by atoms with E-state index in [1.165, 1.54) is 0 Å². The minimum atomic E-state index is -0.851. The van der Waals surface area contributed by atoms with Crippen molar-refractivity contribution in [2.45, 2.75) is 32.0 Å². The number of hydrogen-bond acceptors (Lipinski definition) is 3. The van der Waals surface area contributed by atoms with Crippen molar-refractivity contribution in [2.75, 3.05) is 13.2 Å². The van der Waals surface area contributed by atoms with Crippen LogP contribution in [-0.4, -0.2) is 30.4 Å². The molecule has 4 heteroatoms. The molecule has 20 heavy (non-hydrogen) atoms. The molecule has 1 aliphatic heterocycles. The number of ether oxygens (including phenoxy) is 2. The van der Waals surface area contributed by atoms with E-state index < -0.39 is 11.4 Å². The Bertz CT molecular complexity index is 469. The Morgan fingerprint density at radius 3 is 2.75 bits per heavy atom. The first kappa shape index (κ1) is 13.6. The summed E-state index contributed by atoms with van der Waals surface area (Å²) in [6.45, 7) is 1.22. The van der Waals surface area contributed by atoms with Crippen LogP contribution in [0.15, 0.2) is 30.3 Å². The van der Waals surface area contributed by atoms with Gasteiger partial charge in [-0.25, -0.2) is 0 Å². The topological polar surface area (TPSA) is 55.8 Å². The quantitative estimate of drug-likeness (QED) is 0.867. The summed E-state index contributed by atoms with van der Waals surface area (Å²) in [5, 5.41) is 9.65. The van der Waals surface area contributed by atoms with E-state index >= 15 is 0 Å². The van der Waals surface area contributed by atoms with Crippen molar-refractivity contribution in [3.05, 3.63) is 35.9 Å². The first-order chi connectivity index (χ1) is 9.72. The summed E-state index contributed by atoms with van der Waals surface area (Å²) in [7, 11) is 0. The summed E-state index contributed by atoms with van der Waals surface area (Å²) in [4.78, 5) is 11.7. The molecule has 4 nitrogen and oxygen atoms in total. The highest BCUT2D eigenvalue weighted by Crippen LogP contribution is 2.48. The summed E-state index contributed by atoms with van der Waals surface area (Å²) in [5.74, 6) is -0.367. The Labute approximate surface area is 118 Å². The number of rotatable bonds is 6. The molecular weight excluding hydrogens is 256 g/mol. The SMILES string of the molecule is O=C(O)C1(COCc2ccccc2)CCOC1C1CC1. The van der Waals surface area contributed by atoms with Crippen LogP contribution < -0.4 is 0 Å². The van der Waals surface area contributed by atoms with E-state index in [9.17, 15) is 9.90 Å². The van der Waals surface area contributed by atoms with Gasteiger partial charge >= 0.3 is 5.97 Å². The number of hydrogen-bond donors (Lipinski definition) is 1. The molecule has 3 rings (SSSR count). The Hall–Kier alpha value is -1.39. The highest BCUT2D eigenvalue weighted by atomic mass is 16.5. The summed E-state index contributed by atoms with van der Waals surface area (Å²) >= 11 is 0. The van der Waals surface area contributed by atoms with Crippen molar-refractivity contribution in [3.8, 4) is 0 Å². The van der Waals surface area contributed by atoms with Crippen LogP contribution in [0.5, 0.6) is 0 Å². The predicted molar refractivity (Wildman–Crippen MR) is 73.2 cm³/mol. The van der Waals surface area contributed by atoms with E-state index in [0.29, 0.717) is 25.6 Å². The minimum absolute atomic E-state index is 0.171. The lowest BCUT2D eigenvalue weighted by Crippen LogP contribution is -2.44. The molecule has 0 amide bonds. The molecule has 2 unspecified atom stereocenters. The van der Waals surface area contributed by atoms with Gasteiger partial charge in [-0.15, -0.1) is 0 Å². The molecule has 2 aliphatic rings. The Balaban J connectivity index is 1.64. The van der Waals surface area contributed by atoms with E-state index in [4.69, 9.17) is 9.47 Å². The maximum Gasteiger partial charge on any atom is 0.314 e. The van der Waals surface area contributed by atoms with Crippen LogP contribution >= 0.6 is 0 Å². The Morgan fingerprint density at radius 1 is 1.35 bits per heavy atom. The monoisotopic (exact) mass is 276 g/mol. The molecular formula is C16H20O4. The lowest BCUT2D eigenvalue weighted by atomic mass is 9.79. The summed E-state index contributed by atoms with van der Waals surface area (Å²) in [6.07, 6.45) is 2.55. The molecule has 108 valence electrons. The normalized spacial score (nSPS) is 29.5. The van der Waals surface area contributed by atoms with Crippen molar-refractivity contribution in [2.24, 2.45) is 11.3 Å². The largest absolute Gasteiger partial charge is 0.481 e. The Kier molecular flexibility index (Phi) is 3.76. The molecule has 0 spiro atoms. The summed E-state index contributed by atoms with van der Waals surface area (Å²) < 4.78 is 11.4. The lowest BCUT2D eigenvalue weighted by Gasteiger charge is -2.29. The van der Waals surface area contributed by atoms with Crippen LogP contribution in [0.2, 0.25) is 0 Å². The van der Waals surface area contributed by atoms with E-state index in [0.717, 1.165) is 18.4 Å². The van der Waals surface area contributed by atoms with Gasteiger partial charge in [-0.05, 0) is 30.7 Å². The number of carboxylic acid groups (broad SMARTS) is 1. The molecule has 1 aromatic rings. The van der Waals surface area contributed by atoms with Gasteiger partial charge in [-0.1, -0.05) is 30.3 Å². The zero-order valence-electron chi connectivity index (χ0n) is 11.5. The highest BCUT2D eigenvalue weighted by molar-refractivity contribution is 5.76. The van der Waals surface area contributed by atoms with Gasteiger partial charge in [0.05, 0.1) is 19.3 Å². The van der Waals surface area contributed by atoms with Crippen molar-refractivity contribution in [1.82, 2.24) is 0 Å². The molecule has 1 saturated carbocycles. The van der Waals surface area contributed by atoms with E-state index in [-0.39, 0.29) is 12.7 Å². The smallest absolute Gasteiger partial charge is 0.314 e. The molecule has 2 atom stereocenters. The molecule has 0 bridgehead atoms. The summed E-state index contributed by atoms with van der Waals surface area (Å²) in [6, 6.07) is 9.83. The molecule has 1 saturated heterocycles. The van der Waals surface area contributed by atoms with Crippen LogP contribution in [-0.2, 0) is 20.9 Å². The second-order valence-corrected chi connectivity index (χ2v) is 5.82. The van der Waals surface area contributed by atoms with Gasteiger partial charge in [0.25, 0.3) is 0 Å². The number of carbonyl (C=O) groups is 1. The first-order valence-electron chi connectivity index (χ1n) is 7.19. The molecule has 0 radical (unpaired) electrons. The minimum Gasteiger partial charge on any atom is -0.481 e. The average Bonchev–Trinajstić information content (AvgIpc) is 3.20. The molecule has 0 aromatic heterocycles. The zero-order valence-corrected chi connectivity index (χ0v) is 11.5. The fraction of sp³-hybridized carbons (Fsp3) is 0.562. The van der Waals surface area contributed by atoms with Crippen LogP contribution in [0.3, 0.4) is 0 Å². The molecule has 2 fully saturated rings. The number of benzene rings is 1. The number of carboxylic acids is 1. The third kappa shape index (κ3) is 2.58. The van der Waals surface area contributed by atoms with Gasteiger partial charge in [0.15, 0.2) is 0 Å². The predicted octanol–water partition coefficient (Wildman–Crippen LogP) is 2.47. The maximum absolute atomic E-state index is 11.7. The van der Waals surface area contributed by atoms with Gasteiger partial charge in [0.2, 0.25) is 0 Å². The van der Waals surface area contributed by atoms with Crippen molar-refractivity contribution >= 4 is 5.97 Å². The van der Waals surface area contributed by atoms with Crippen LogP contribution in [0.1, 0.15) is 24.8 Å². The zero-order chi connectivity index (χ0) is 14.0. The Morgan fingerprint density at radius 2 is 2.10 bits per heavy atom. The van der Waals surface area contributed by atoms with Crippen molar-refractivity contribution in [1.29, 1.82) is 0 Å².